The van der Waals surface area contributed by atoms with Crippen molar-refractivity contribution in [2.45, 2.75) is 26.3 Å². The average Bonchev–Trinajstić information content (AvgIpc) is 3.13. The van der Waals surface area contributed by atoms with Gasteiger partial charge in [-0.2, -0.15) is 0 Å². The molecule has 0 saturated heterocycles. The molecule has 1 aliphatic carbocycles. The Hall–Kier alpha value is -1.31. The molecule has 0 aliphatic heterocycles. The fourth-order valence-corrected chi connectivity index (χ4v) is 2.64. The van der Waals surface area contributed by atoms with E-state index in [4.69, 9.17) is 5.73 Å². The summed E-state index contributed by atoms with van der Waals surface area (Å²) < 4.78 is 0. The fourth-order valence-electron chi connectivity index (χ4n) is 1.87. The van der Waals surface area contributed by atoms with Gasteiger partial charge in [0.15, 0.2) is 0 Å². The lowest BCUT2D eigenvalue weighted by molar-refractivity contribution is -0.125. The predicted octanol–water partition coefficient (Wildman–Crippen LogP) is 1.72. The van der Waals surface area contributed by atoms with Crippen molar-refractivity contribution < 1.29 is 4.79 Å². The highest BCUT2D eigenvalue weighted by Gasteiger charge is 2.32. The third-order valence-corrected chi connectivity index (χ3v) is 4.16. The summed E-state index contributed by atoms with van der Waals surface area (Å²) in [5, 5.41) is 4.99. The Kier molecular flexibility index (Phi) is 4.40. The van der Waals surface area contributed by atoms with Crippen molar-refractivity contribution in [3.05, 3.63) is 21.9 Å². The first-order chi connectivity index (χ1) is 8.72. The van der Waals surface area contributed by atoms with Crippen LogP contribution in [0.15, 0.2) is 11.4 Å². The van der Waals surface area contributed by atoms with Crippen LogP contribution in [0.4, 0.5) is 0 Å². The summed E-state index contributed by atoms with van der Waals surface area (Å²) in [5.74, 6) is 6.77. The van der Waals surface area contributed by atoms with Crippen LogP contribution in [0.3, 0.4) is 0 Å². The lowest BCUT2D eigenvalue weighted by Gasteiger charge is -2.10. The molecule has 0 radical (unpaired) electrons. The third-order valence-electron chi connectivity index (χ3n) is 3.24. The normalized spacial score (nSPS) is 15.7. The first-order valence-electron chi connectivity index (χ1n) is 6.25. The molecule has 0 spiro atoms. The minimum absolute atomic E-state index is 0.142. The second-order valence-electron chi connectivity index (χ2n) is 4.61. The minimum Gasteiger partial charge on any atom is -0.351 e. The van der Waals surface area contributed by atoms with E-state index in [0.29, 0.717) is 19.0 Å². The van der Waals surface area contributed by atoms with Crippen LogP contribution in [0.1, 0.15) is 30.2 Å². The monoisotopic (exact) mass is 262 g/mol. The molecule has 1 saturated carbocycles. The number of nitrogens with one attached hydrogen (secondary N) is 1. The Morgan fingerprint density at radius 1 is 1.67 bits per heavy atom. The number of hydrogen-bond donors (Lipinski definition) is 2. The van der Waals surface area contributed by atoms with Crippen LogP contribution in [-0.4, -0.2) is 12.5 Å². The van der Waals surface area contributed by atoms with Crippen molar-refractivity contribution in [2.75, 3.05) is 6.54 Å². The van der Waals surface area contributed by atoms with Crippen molar-refractivity contribution in [3.8, 4) is 11.8 Å². The summed E-state index contributed by atoms with van der Waals surface area (Å²) in [6.45, 7) is 2.94. The van der Waals surface area contributed by atoms with Gasteiger partial charge in [0.2, 0.25) is 5.91 Å². The maximum atomic E-state index is 11.9. The first-order valence-corrected chi connectivity index (χ1v) is 7.13. The molecule has 0 aromatic carbocycles. The van der Waals surface area contributed by atoms with E-state index >= 15 is 0 Å². The van der Waals surface area contributed by atoms with Gasteiger partial charge in [-0.25, -0.2) is 0 Å². The Balaban J connectivity index is 1.89. The molecule has 1 amide bonds. The van der Waals surface area contributed by atoms with E-state index in [1.165, 1.54) is 12.8 Å². The Morgan fingerprint density at radius 3 is 3.11 bits per heavy atom. The first kappa shape index (κ1) is 13.1. The number of carbonyl (C=O) groups is 1. The zero-order valence-corrected chi connectivity index (χ0v) is 11.3. The molecule has 18 heavy (non-hydrogen) atoms. The minimum atomic E-state index is 0.142. The molecular weight excluding hydrogens is 244 g/mol. The summed E-state index contributed by atoms with van der Waals surface area (Å²) in [7, 11) is 0. The molecule has 4 heteroatoms. The highest BCUT2D eigenvalue weighted by atomic mass is 32.1. The molecule has 1 fully saturated rings. The highest BCUT2D eigenvalue weighted by Crippen LogP contribution is 2.36. The maximum Gasteiger partial charge on any atom is 0.223 e. The van der Waals surface area contributed by atoms with E-state index in [2.05, 4.69) is 17.2 Å². The molecule has 96 valence electrons. The van der Waals surface area contributed by atoms with Gasteiger partial charge < -0.3 is 11.1 Å². The molecule has 1 heterocycles. The molecule has 3 nitrogen and oxygen atoms in total. The van der Waals surface area contributed by atoms with E-state index in [1.54, 1.807) is 11.3 Å². The fraction of sp³-hybridized carbons (Fsp3) is 0.500. The van der Waals surface area contributed by atoms with Gasteiger partial charge in [-0.1, -0.05) is 18.8 Å². The molecule has 1 aromatic rings. The molecule has 2 rings (SSSR count). The van der Waals surface area contributed by atoms with Gasteiger partial charge in [-0.15, -0.1) is 11.3 Å². The zero-order chi connectivity index (χ0) is 13.0. The van der Waals surface area contributed by atoms with Gasteiger partial charge in [-0.3, -0.25) is 4.79 Å². The SMILES string of the molecule is CC(C(=O)NCc1sccc1C#CCN)C1CC1. The van der Waals surface area contributed by atoms with Crippen molar-refractivity contribution in [3.63, 3.8) is 0 Å². The van der Waals surface area contributed by atoms with E-state index in [-0.39, 0.29) is 11.8 Å². The molecule has 1 atom stereocenters. The van der Waals surface area contributed by atoms with Crippen molar-refractivity contribution >= 4 is 17.2 Å². The zero-order valence-electron chi connectivity index (χ0n) is 10.5. The van der Waals surface area contributed by atoms with Gasteiger partial charge >= 0.3 is 0 Å². The van der Waals surface area contributed by atoms with Gasteiger partial charge in [0.25, 0.3) is 0 Å². The molecule has 3 N–H and O–H groups in total. The number of rotatable bonds is 4. The second-order valence-corrected chi connectivity index (χ2v) is 5.61. The van der Waals surface area contributed by atoms with Crippen molar-refractivity contribution in [2.24, 2.45) is 17.6 Å². The largest absolute Gasteiger partial charge is 0.351 e. The van der Waals surface area contributed by atoms with Crippen LogP contribution in [0.25, 0.3) is 0 Å². The quantitative estimate of drug-likeness (QED) is 0.812. The number of hydrogen-bond acceptors (Lipinski definition) is 3. The van der Waals surface area contributed by atoms with E-state index in [1.807, 2.05) is 18.4 Å². The van der Waals surface area contributed by atoms with Gasteiger partial charge in [0, 0.05) is 16.4 Å². The van der Waals surface area contributed by atoms with E-state index in [9.17, 15) is 4.79 Å². The van der Waals surface area contributed by atoms with Crippen LogP contribution in [0, 0.1) is 23.7 Å². The highest BCUT2D eigenvalue weighted by molar-refractivity contribution is 7.10. The summed E-state index contributed by atoms with van der Waals surface area (Å²) in [5.41, 5.74) is 6.33. The lowest BCUT2D eigenvalue weighted by atomic mass is 10.1. The standard InChI is InChI=1S/C14H18N2OS/c1-10(11-4-5-11)14(17)16-9-13-12(3-2-7-15)6-8-18-13/h6,8,10-11H,4-5,7,9,15H2,1H3,(H,16,17). The Morgan fingerprint density at radius 2 is 2.44 bits per heavy atom. The molecule has 0 bridgehead atoms. The summed E-state index contributed by atoms with van der Waals surface area (Å²) >= 11 is 1.62. The Labute approximate surface area is 112 Å². The van der Waals surface area contributed by atoms with Crippen molar-refractivity contribution in [1.29, 1.82) is 0 Å². The van der Waals surface area contributed by atoms with Crippen LogP contribution >= 0.6 is 11.3 Å². The van der Waals surface area contributed by atoms with E-state index in [0.717, 1.165) is 10.4 Å². The molecule has 1 aromatic heterocycles. The van der Waals surface area contributed by atoms with Crippen LogP contribution < -0.4 is 11.1 Å². The van der Waals surface area contributed by atoms with Crippen LogP contribution in [0.2, 0.25) is 0 Å². The van der Waals surface area contributed by atoms with Gasteiger partial charge in [-0.05, 0) is 30.2 Å². The lowest BCUT2D eigenvalue weighted by Crippen LogP contribution is -2.29. The van der Waals surface area contributed by atoms with E-state index < -0.39 is 0 Å². The third kappa shape index (κ3) is 3.34. The number of carbonyl (C=O) groups excluding carboxylic acids is 1. The summed E-state index contributed by atoms with van der Waals surface area (Å²) in [6.07, 6.45) is 2.39. The topological polar surface area (TPSA) is 55.1 Å². The van der Waals surface area contributed by atoms with Gasteiger partial charge in [0.1, 0.15) is 0 Å². The predicted molar refractivity (Wildman–Crippen MR) is 74.0 cm³/mol. The summed E-state index contributed by atoms with van der Waals surface area (Å²) in [4.78, 5) is 13.0. The van der Waals surface area contributed by atoms with Gasteiger partial charge in [0.05, 0.1) is 13.1 Å². The summed E-state index contributed by atoms with van der Waals surface area (Å²) in [6, 6.07) is 1.97. The molecule has 1 aliphatic rings. The average molecular weight is 262 g/mol. The van der Waals surface area contributed by atoms with Crippen LogP contribution in [-0.2, 0) is 11.3 Å². The number of thiophene rings is 1. The van der Waals surface area contributed by atoms with Crippen molar-refractivity contribution in [1.82, 2.24) is 5.32 Å². The maximum absolute atomic E-state index is 11.9. The molecular formula is C14H18N2OS. The second kappa shape index (κ2) is 6.03. The number of nitrogens with two attached hydrogens (primary N) is 1. The van der Waals surface area contributed by atoms with Crippen LogP contribution in [0.5, 0.6) is 0 Å². The smallest absolute Gasteiger partial charge is 0.223 e. The number of amides is 1. The Bertz CT molecular complexity index is 479. The molecule has 1 unspecified atom stereocenters.